The number of nitro benzene ring substituents is 1. The minimum absolute atomic E-state index is 0.0832. The van der Waals surface area contributed by atoms with Crippen LogP contribution in [0.3, 0.4) is 0 Å². The number of carbonyl (C=O) groups is 1. The number of thiophene rings is 2. The van der Waals surface area contributed by atoms with Crippen LogP contribution in [0.15, 0.2) is 51.0 Å². The van der Waals surface area contributed by atoms with Gasteiger partial charge in [0, 0.05) is 34.6 Å². The Bertz CT molecular complexity index is 1360. The van der Waals surface area contributed by atoms with Crippen molar-refractivity contribution in [3.63, 3.8) is 0 Å². The first-order chi connectivity index (χ1) is 14.8. The Balaban J connectivity index is 1.52. The van der Waals surface area contributed by atoms with E-state index in [4.69, 9.17) is 0 Å². The maximum absolute atomic E-state index is 13.4. The second-order valence-electron chi connectivity index (χ2n) is 6.33. The number of nitro groups is 1. The fourth-order valence-corrected chi connectivity index (χ4v) is 5.43. The minimum atomic E-state index is -0.984. The summed E-state index contributed by atoms with van der Waals surface area (Å²) in [5.41, 5.74) is 0.0241. The zero-order valence-electron chi connectivity index (χ0n) is 15.8. The summed E-state index contributed by atoms with van der Waals surface area (Å²) < 4.78 is 14.8. The van der Waals surface area contributed by atoms with Gasteiger partial charge in [0.25, 0.3) is 5.56 Å². The van der Waals surface area contributed by atoms with Crippen LogP contribution in [-0.2, 0) is 11.8 Å². The molecule has 0 aliphatic rings. The SMILES string of the molecule is Cn1c(SCC(=O)Nc2ccc(F)c([N+](=O)[O-])c2)nc2scc(-c3cccs3)c2c1=O. The lowest BCUT2D eigenvalue weighted by atomic mass is 10.2. The summed E-state index contributed by atoms with van der Waals surface area (Å²) in [4.78, 5) is 41.2. The molecule has 1 aromatic carbocycles. The van der Waals surface area contributed by atoms with Crippen molar-refractivity contribution in [1.29, 1.82) is 0 Å². The van der Waals surface area contributed by atoms with Gasteiger partial charge in [-0.25, -0.2) is 4.98 Å². The molecule has 31 heavy (non-hydrogen) atoms. The molecule has 3 heterocycles. The number of benzene rings is 1. The molecule has 12 heteroatoms. The van der Waals surface area contributed by atoms with Crippen LogP contribution in [0.1, 0.15) is 0 Å². The monoisotopic (exact) mass is 476 g/mol. The summed E-state index contributed by atoms with van der Waals surface area (Å²) in [7, 11) is 1.59. The smallest absolute Gasteiger partial charge is 0.306 e. The highest BCUT2D eigenvalue weighted by Crippen LogP contribution is 2.34. The lowest BCUT2D eigenvalue weighted by Crippen LogP contribution is -2.21. The molecule has 0 bridgehead atoms. The third kappa shape index (κ3) is 4.22. The number of aromatic nitrogens is 2. The molecule has 0 radical (unpaired) electrons. The van der Waals surface area contributed by atoms with Crippen molar-refractivity contribution in [2.24, 2.45) is 7.05 Å². The molecule has 4 rings (SSSR count). The van der Waals surface area contributed by atoms with Gasteiger partial charge in [-0.1, -0.05) is 17.8 Å². The van der Waals surface area contributed by atoms with Crippen molar-refractivity contribution < 1.29 is 14.1 Å². The largest absolute Gasteiger partial charge is 0.325 e. The summed E-state index contributed by atoms with van der Waals surface area (Å²) in [5, 5.41) is 18.1. The quantitative estimate of drug-likeness (QED) is 0.190. The van der Waals surface area contributed by atoms with E-state index in [1.165, 1.54) is 33.3 Å². The van der Waals surface area contributed by atoms with Crippen molar-refractivity contribution in [2.75, 3.05) is 11.1 Å². The highest BCUT2D eigenvalue weighted by atomic mass is 32.2. The number of hydrogen-bond acceptors (Lipinski definition) is 8. The molecular weight excluding hydrogens is 463 g/mol. The van der Waals surface area contributed by atoms with Crippen molar-refractivity contribution >= 4 is 61.9 Å². The lowest BCUT2D eigenvalue weighted by molar-refractivity contribution is -0.387. The number of carbonyl (C=O) groups excluding carboxylic acids is 1. The second-order valence-corrected chi connectivity index (χ2v) is 9.07. The summed E-state index contributed by atoms with van der Waals surface area (Å²) >= 11 is 3.97. The van der Waals surface area contributed by atoms with E-state index < -0.39 is 22.3 Å². The Hall–Kier alpha value is -3.09. The zero-order chi connectivity index (χ0) is 22.1. The predicted octanol–water partition coefficient (Wildman–Crippen LogP) is 4.50. The van der Waals surface area contributed by atoms with Gasteiger partial charge in [-0.3, -0.25) is 24.3 Å². The van der Waals surface area contributed by atoms with Gasteiger partial charge in [0.1, 0.15) is 4.83 Å². The van der Waals surface area contributed by atoms with E-state index in [9.17, 15) is 24.1 Å². The normalized spacial score (nSPS) is 11.0. The molecule has 4 aromatic rings. The van der Waals surface area contributed by atoms with E-state index in [-0.39, 0.29) is 17.0 Å². The molecule has 0 fully saturated rings. The van der Waals surface area contributed by atoms with E-state index in [0.717, 1.165) is 34.3 Å². The first-order valence-corrected chi connectivity index (χ1v) is 11.5. The minimum Gasteiger partial charge on any atom is -0.325 e. The molecule has 0 aliphatic heterocycles. The van der Waals surface area contributed by atoms with Crippen LogP contribution in [0, 0.1) is 15.9 Å². The van der Waals surface area contributed by atoms with Gasteiger partial charge >= 0.3 is 5.69 Å². The molecule has 0 spiro atoms. The van der Waals surface area contributed by atoms with Gasteiger partial charge in [-0.05, 0) is 23.6 Å². The predicted molar refractivity (Wildman–Crippen MR) is 121 cm³/mol. The molecule has 0 saturated carbocycles. The Labute approximate surface area is 186 Å². The maximum Gasteiger partial charge on any atom is 0.306 e. The molecule has 1 N–H and O–H groups in total. The molecular formula is C19H13FN4O4S3. The molecule has 0 aliphatic carbocycles. The van der Waals surface area contributed by atoms with Gasteiger partial charge < -0.3 is 5.32 Å². The van der Waals surface area contributed by atoms with Crippen LogP contribution in [0.4, 0.5) is 15.8 Å². The lowest BCUT2D eigenvalue weighted by Gasteiger charge is -2.08. The Morgan fingerprint density at radius 2 is 2.16 bits per heavy atom. The number of nitrogens with one attached hydrogen (secondary N) is 1. The number of anilines is 1. The standard InChI is InChI=1S/C19H13FN4O4S3/c1-23-18(26)16-11(14-3-2-6-29-14)8-30-17(16)22-19(23)31-9-15(25)21-10-4-5-12(20)13(7-10)24(27)28/h2-8H,9H2,1H3,(H,21,25). The highest BCUT2D eigenvalue weighted by Gasteiger charge is 2.18. The van der Waals surface area contributed by atoms with Gasteiger partial charge in [-0.15, -0.1) is 22.7 Å². The number of fused-ring (bicyclic) bond motifs is 1. The van der Waals surface area contributed by atoms with Gasteiger partial charge in [-0.2, -0.15) is 4.39 Å². The van der Waals surface area contributed by atoms with Crippen LogP contribution in [0.2, 0.25) is 0 Å². The van der Waals surface area contributed by atoms with E-state index in [2.05, 4.69) is 10.3 Å². The topological polar surface area (TPSA) is 107 Å². The Morgan fingerprint density at radius 1 is 1.35 bits per heavy atom. The molecule has 158 valence electrons. The second kappa shape index (κ2) is 8.57. The van der Waals surface area contributed by atoms with Crippen molar-refractivity contribution in [3.05, 3.63) is 67.4 Å². The van der Waals surface area contributed by atoms with E-state index in [0.29, 0.717) is 15.4 Å². The van der Waals surface area contributed by atoms with Gasteiger partial charge in [0.2, 0.25) is 11.7 Å². The maximum atomic E-state index is 13.4. The highest BCUT2D eigenvalue weighted by molar-refractivity contribution is 7.99. The molecule has 1 amide bonds. The number of nitrogens with zero attached hydrogens (tertiary/aromatic N) is 3. The molecule has 0 atom stereocenters. The molecule has 8 nitrogen and oxygen atoms in total. The van der Waals surface area contributed by atoms with E-state index in [1.54, 1.807) is 7.05 Å². The first kappa shape index (κ1) is 21.2. The first-order valence-electron chi connectivity index (χ1n) is 8.74. The van der Waals surface area contributed by atoms with Crippen LogP contribution in [-0.4, -0.2) is 26.1 Å². The van der Waals surface area contributed by atoms with Crippen LogP contribution in [0.25, 0.3) is 20.7 Å². The Morgan fingerprint density at radius 3 is 2.87 bits per heavy atom. The zero-order valence-corrected chi connectivity index (χ0v) is 18.3. The third-order valence-corrected chi connectivity index (χ3v) is 7.13. The van der Waals surface area contributed by atoms with Gasteiger partial charge in [0.15, 0.2) is 5.16 Å². The van der Waals surface area contributed by atoms with Crippen LogP contribution in [0.5, 0.6) is 0 Å². The van der Waals surface area contributed by atoms with E-state index in [1.807, 2.05) is 22.9 Å². The third-order valence-electron chi connectivity index (χ3n) is 4.32. The average Bonchev–Trinajstić information content (AvgIpc) is 3.40. The summed E-state index contributed by atoms with van der Waals surface area (Å²) in [6, 6.07) is 6.97. The summed E-state index contributed by atoms with van der Waals surface area (Å²) in [6.45, 7) is 0. The van der Waals surface area contributed by atoms with Crippen LogP contribution >= 0.6 is 34.4 Å². The van der Waals surface area contributed by atoms with Gasteiger partial charge in [0.05, 0.1) is 16.1 Å². The van der Waals surface area contributed by atoms with Crippen LogP contribution < -0.4 is 10.9 Å². The molecule has 0 saturated heterocycles. The fourth-order valence-electron chi connectivity index (χ4n) is 2.85. The number of halogens is 1. The summed E-state index contributed by atoms with van der Waals surface area (Å²) in [6.07, 6.45) is 0. The van der Waals surface area contributed by atoms with E-state index >= 15 is 0 Å². The number of hydrogen-bond donors (Lipinski definition) is 1. The number of thioether (sulfide) groups is 1. The number of amides is 1. The van der Waals surface area contributed by atoms with Crippen molar-refractivity contribution in [1.82, 2.24) is 9.55 Å². The molecule has 0 unspecified atom stereocenters. The molecule has 3 aromatic heterocycles. The number of rotatable bonds is 6. The average molecular weight is 477 g/mol. The van der Waals surface area contributed by atoms with Crippen molar-refractivity contribution in [2.45, 2.75) is 5.16 Å². The Kier molecular flexibility index (Phi) is 5.85. The van der Waals surface area contributed by atoms with Crippen molar-refractivity contribution in [3.8, 4) is 10.4 Å². The fraction of sp³-hybridized carbons (Fsp3) is 0.105. The summed E-state index contributed by atoms with van der Waals surface area (Å²) in [5.74, 6) is -1.53.